The monoisotopic (exact) mass is 334 g/mol. The van der Waals surface area contributed by atoms with Crippen molar-refractivity contribution in [3.8, 4) is 0 Å². The zero-order valence-electron chi connectivity index (χ0n) is 13.6. The van der Waals surface area contributed by atoms with Gasteiger partial charge in [-0.25, -0.2) is 4.79 Å². The Balaban J connectivity index is 1.74. The molecule has 2 heterocycles. The number of nitrogens with one attached hydrogen (secondary N) is 1. The fraction of sp³-hybridized carbons (Fsp3) is 0.200. The van der Waals surface area contributed by atoms with Crippen molar-refractivity contribution in [1.82, 2.24) is 0 Å². The lowest BCUT2D eigenvalue weighted by atomic mass is 9.88. The lowest BCUT2D eigenvalue weighted by Gasteiger charge is -2.28. The number of carboxylic acid groups (broad SMARTS) is 1. The number of carboxylic acids is 1. The first-order valence-electron chi connectivity index (χ1n) is 8.31. The molecule has 25 heavy (non-hydrogen) atoms. The van der Waals surface area contributed by atoms with E-state index in [4.69, 9.17) is 0 Å². The minimum atomic E-state index is -0.956. The number of aliphatic carboxylic acids is 1. The second-order valence-corrected chi connectivity index (χ2v) is 6.30. The lowest BCUT2D eigenvalue weighted by molar-refractivity contribution is -0.137. The molecular weight excluding hydrogens is 316 g/mol. The van der Waals surface area contributed by atoms with Crippen LogP contribution in [0.15, 0.2) is 65.7 Å². The molecule has 2 N–H and O–H groups in total. The summed E-state index contributed by atoms with van der Waals surface area (Å²) in [4.78, 5) is 26.4. The van der Waals surface area contributed by atoms with Gasteiger partial charge >= 0.3 is 5.97 Å². The van der Waals surface area contributed by atoms with Crippen molar-refractivity contribution < 1.29 is 14.7 Å². The molecule has 5 heteroatoms. The van der Waals surface area contributed by atoms with Gasteiger partial charge in [0.15, 0.2) is 0 Å². The number of benzene rings is 2. The summed E-state index contributed by atoms with van der Waals surface area (Å²) in [5.41, 5.74) is 3.99. The van der Waals surface area contributed by atoms with Crippen LogP contribution in [0.2, 0.25) is 0 Å². The summed E-state index contributed by atoms with van der Waals surface area (Å²) in [7, 11) is 0. The molecule has 1 atom stereocenters. The van der Waals surface area contributed by atoms with E-state index in [-0.39, 0.29) is 5.91 Å². The Kier molecular flexibility index (Phi) is 3.76. The van der Waals surface area contributed by atoms with E-state index in [2.05, 4.69) is 5.32 Å². The first-order valence-corrected chi connectivity index (χ1v) is 8.31. The van der Waals surface area contributed by atoms with E-state index >= 15 is 0 Å². The number of hydrogen-bond donors (Lipinski definition) is 2. The summed E-state index contributed by atoms with van der Waals surface area (Å²) in [5.74, 6) is -1.04. The molecule has 0 radical (unpaired) electrons. The highest BCUT2D eigenvalue weighted by Crippen LogP contribution is 2.34. The summed E-state index contributed by atoms with van der Waals surface area (Å²) in [6.07, 6.45) is 1.06. The second kappa shape index (κ2) is 6.09. The average Bonchev–Trinajstić information content (AvgIpc) is 3.02. The van der Waals surface area contributed by atoms with Crippen LogP contribution in [0.1, 0.15) is 12.0 Å². The molecular formula is C20H18N2O3. The number of fused-ring (bicyclic) bond motifs is 1. The topological polar surface area (TPSA) is 69.6 Å². The minimum absolute atomic E-state index is 0.0892. The number of nitrogens with zero attached hydrogens (tertiary/aromatic N) is 1. The third kappa shape index (κ3) is 2.67. The van der Waals surface area contributed by atoms with Gasteiger partial charge in [-0.2, -0.15) is 0 Å². The SMILES string of the molecule is O=C(O)C1Nc2ccccc2CC1=C1CCN(c2ccccc2)C1=O. The van der Waals surface area contributed by atoms with E-state index in [1.165, 1.54) is 0 Å². The highest BCUT2D eigenvalue weighted by Gasteiger charge is 2.36. The van der Waals surface area contributed by atoms with Crippen molar-refractivity contribution in [3.05, 3.63) is 71.3 Å². The summed E-state index contributed by atoms with van der Waals surface area (Å²) < 4.78 is 0. The molecule has 2 aromatic carbocycles. The van der Waals surface area contributed by atoms with Gasteiger partial charge in [0.05, 0.1) is 0 Å². The van der Waals surface area contributed by atoms with Gasteiger partial charge in [-0.3, -0.25) is 4.79 Å². The van der Waals surface area contributed by atoms with Crippen LogP contribution < -0.4 is 10.2 Å². The number of rotatable bonds is 2. The van der Waals surface area contributed by atoms with Gasteiger partial charge in [0, 0.05) is 23.5 Å². The van der Waals surface area contributed by atoms with Crippen LogP contribution in [0.5, 0.6) is 0 Å². The molecule has 126 valence electrons. The first kappa shape index (κ1) is 15.4. The maximum Gasteiger partial charge on any atom is 0.330 e. The van der Waals surface area contributed by atoms with E-state index in [0.717, 1.165) is 16.9 Å². The molecule has 1 amide bonds. The standard InChI is InChI=1S/C20H18N2O3/c23-19-15(10-11-22(19)14-7-2-1-3-8-14)16-12-13-6-4-5-9-17(13)21-18(16)20(24)25/h1-9,18,21H,10-12H2,(H,24,25). The van der Waals surface area contributed by atoms with Crippen LogP contribution in [0.25, 0.3) is 0 Å². The molecule has 1 saturated heterocycles. The first-order chi connectivity index (χ1) is 12.1. The molecule has 5 nitrogen and oxygen atoms in total. The van der Waals surface area contributed by atoms with Crippen LogP contribution in [0, 0.1) is 0 Å². The van der Waals surface area contributed by atoms with Crippen molar-refractivity contribution in [2.75, 3.05) is 16.8 Å². The maximum absolute atomic E-state index is 12.9. The second-order valence-electron chi connectivity index (χ2n) is 6.30. The van der Waals surface area contributed by atoms with Crippen molar-refractivity contribution in [1.29, 1.82) is 0 Å². The quantitative estimate of drug-likeness (QED) is 0.829. The third-order valence-electron chi connectivity index (χ3n) is 4.84. The Morgan fingerprint density at radius 3 is 2.56 bits per heavy atom. The van der Waals surface area contributed by atoms with E-state index in [9.17, 15) is 14.7 Å². The smallest absolute Gasteiger partial charge is 0.330 e. The largest absolute Gasteiger partial charge is 0.479 e. The van der Waals surface area contributed by atoms with Gasteiger partial charge in [0.25, 0.3) is 5.91 Å². The van der Waals surface area contributed by atoms with Gasteiger partial charge in [0.1, 0.15) is 6.04 Å². The summed E-state index contributed by atoms with van der Waals surface area (Å²) >= 11 is 0. The van der Waals surface area contributed by atoms with Gasteiger partial charge in [-0.1, -0.05) is 36.4 Å². The normalized spacial score (nSPS) is 22.5. The number of carbonyl (C=O) groups excluding carboxylic acids is 1. The molecule has 1 unspecified atom stereocenters. The number of carbonyl (C=O) groups is 2. The van der Waals surface area contributed by atoms with E-state index in [0.29, 0.717) is 30.5 Å². The highest BCUT2D eigenvalue weighted by atomic mass is 16.4. The van der Waals surface area contributed by atoms with Crippen LogP contribution in [-0.4, -0.2) is 29.6 Å². The number of amides is 1. The van der Waals surface area contributed by atoms with Gasteiger partial charge in [0.2, 0.25) is 0 Å². The molecule has 0 saturated carbocycles. The molecule has 2 aromatic rings. The van der Waals surface area contributed by atoms with Gasteiger partial charge < -0.3 is 15.3 Å². The van der Waals surface area contributed by atoms with Crippen molar-refractivity contribution >= 4 is 23.3 Å². The zero-order valence-corrected chi connectivity index (χ0v) is 13.6. The Bertz CT molecular complexity index is 874. The molecule has 0 spiro atoms. The van der Waals surface area contributed by atoms with Crippen molar-refractivity contribution in [2.24, 2.45) is 0 Å². The molecule has 2 aliphatic rings. The number of para-hydroxylation sites is 2. The molecule has 2 aliphatic heterocycles. The number of anilines is 2. The maximum atomic E-state index is 12.9. The molecule has 4 rings (SSSR count). The van der Waals surface area contributed by atoms with Crippen LogP contribution in [0.4, 0.5) is 11.4 Å². The third-order valence-corrected chi connectivity index (χ3v) is 4.84. The Hall–Kier alpha value is -3.08. The van der Waals surface area contributed by atoms with Crippen LogP contribution >= 0.6 is 0 Å². The summed E-state index contributed by atoms with van der Waals surface area (Å²) in [6.45, 7) is 0.579. The van der Waals surface area contributed by atoms with Gasteiger partial charge in [-0.15, -0.1) is 0 Å². The Morgan fingerprint density at radius 2 is 1.80 bits per heavy atom. The van der Waals surface area contributed by atoms with E-state index in [1.807, 2.05) is 54.6 Å². The highest BCUT2D eigenvalue weighted by molar-refractivity contribution is 6.09. The molecule has 0 bridgehead atoms. The van der Waals surface area contributed by atoms with E-state index in [1.54, 1.807) is 4.90 Å². The van der Waals surface area contributed by atoms with Gasteiger partial charge in [-0.05, 0) is 42.2 Å². The molecule has 0 aromatic heterocycles. The lowest BCUT2D eigenvalue weighted by Crippen LogP contribution is -2.37. The fourth-order valence-corrected chi connectivity index (χ4v) is 3.60. The summed E-state index contributed by atoms with van der Waals surface area (Å²) in [6, 6.07) is 16.3. The van der Waals surface area contributed by atoms with E-state index < -0.39 is 12.0 Å². The van der Waals surface area contributed by atoms with Crippen LogP contribution in [-0.2, 0) is 16.0 Å². The predicted molar refractivity (Wildman–Crippen MR) is 95.6 cm³/mol. The Morgan fingerprint density at radius 1 is 1.08 bits per heavy atom. The average molecular weight is 334 g/mol. The zero-order chi connectivity index (χ0) is 17.4. The predicted octanol–water partition coefficient (Wildman–Crippen LogP) is 2.84. The minimum Gasteiger partial charge on any atom is -0.479 e. The molecule has 1 fully saturated rings. The molecule has 0 aliphatic carbocycles. The summed E-state index contributed by atoms with van der Waals surface area (Å²) in [5, 5.41) is 12.7. The number of hydrogen-bond acceptors (Lipinski definition) is 3. The van der Waals surface area contributed by atoms with Crippen LogP contribution in [0.3, 0.4) is 0 Å². The Labute approximate surface area is 145 Å². The fourth-order valence-electron chi connectivity index (χ4n) is 3.60. The van der Waals surface area contributed by atoms with Crippen molar-refractivity contribution in [3.63, 3.8) is 0 Å². The van der Waals surface area contributed by atoms with Crippen molar-refractivity contribution in [2.45, 2.75) is 18.9 Å².